The monoisotopic (exact) mass is 182 g/mol. The van der Waals surface area contributed by atoms with E-state index in [0.717, 1.165) is 5.56 Å². The van der Waals surface area contributed by atoms with Crippen molar-refractivity contribution in [2.24, 2.45) is 0 Å². The Labute approximate surface area is 76.5 Å². The summed E-state index contributed by atoms with van der Waals surface area (Å²) in [6.45, 7) is 0. The van der Waals surface area contributed by atoms with Crippen LogP contribution >= 0.6 is 23.8 Å². The second-order valence-corrected chi connectivity index (χ2v) is 3.12. The quantitative estimate of drug-likeness (QED) is 0.384. The van der Waals surface area contributed by atoms with E-state index in [-0.39, 0.29) is 0 Å². The van der Waals surface area contributed by atoms with Gasteiger partial charge in [0.25, 0.3) is 0 Å². The summed E-state index contributed by atoms with van der Waals surface area (Å²) in [5.74, 6) is 0. The normalized spacial score (nSPS) is 10.3. The molecule has 11 heavy (non-hydrogen) atoms. The molecule has 0 unspecified atom stereocenters. The third kappa shape index (κ3) is 3.30. The number of halogens is 1. The summed E-state index contributed by atoms with van der Waals surface area (Å²) < 4.78 is 0.383. The molecular formula is C9H7ClS. The predicted octanol–water partition coefficient (Wildman–Crippen LogP) is 3.27. The van der Waals surface area contributed by atoms with Gasteiger partial charge in [-0.25, -0.2) is 0 Å². The van der Waals surface area contributed by atoms with Crippen molar-refractivity contribution in [3.63, 3.8) is 0 Å². The van der Waals surface area contributed by atoms with Gasteiger partial charge in [0.15, 0.2) is 0 Å². The Bertz CT molecular complexity index is 264. The summed E-state index contributed by atoms with van der Waals surface area (Å²) in [6, 6.07) is 9.89. The SMILES string of the molecule is S=C(Cl)C=Cc1ccccc1. The average Bonchev–Trinajstić information content (AvgIpc) is 2.03. The van der Waals surface area contributed by atoms with Crippen LogP contribution in [0.3, 0.4) is 0 Å². The zero-order valence-electron chi connectivity index (χ0n) is 5.83. The van der Waals surface area contributed by atoms with Crippen molar-refractivity contribution in [1.82, 2.24) is 0 Å². The molecule has 0 nitrogen and oxygen atoms in total. The molecule has 0 aliphatic heterocycles. The second-order valence-electron chi connectivity index (χ2n) is 2.05. The molecule has 0 saturated heterocycles. The number of allylic oxidation sites excluding steroid dienone is 1. The maximum absolute atomic E-state index is 5.47. The van der Waals surface area contributed by atoms with Gasteiger partial charge in [0.05, 0.1) is 0 Å². The minimum Gasteiger partial charge on any atom is -0.0716 e. The molecule has 2 heteroatoms. The van der Waals surface area contributed by atoms with E-state index in [0.29, 0.717) is 4.32 Å². The first-order valence-corrected chi connectivity index (χ1v) is 4.00. The summed E-state index contributed by atoms with van der Waals surface area (Å²) in [4.78, 5) is 0. The van der Waals surface area contributed by atoms with Crippen molar-refractivity contribution in [3.05, 3.63) is 42.0 Å². The van der Waals surface area contributed by atoms with Crippen molar-refractivity contribution in [2.45, 2.75) is 0 Å². The lowest BCUT2D eigenvalue weighted by atomic mass is 10.2. The molecule has 0 aliphatic rings. The Morgan fingerprint density at radius 1 is 1.27 bits per heavy atom. The summed E-state index contributed by atoms with van der Waals surface area (Å²) in [5, 5.41) is 0. The van der Waals surface area contributed by atoms with E-state index < -0.39 is 0 Å². The van der Waals surface area contributed by atoms with Crippen molar-refractivity contribution in [1.29, 1.82) is 0 Å². The molecule has 0 amide bonds. The van der Waals surface area contributed by atoms with Crippen LogP contribution in [0.25, 0.3) is 6.08 Å². The molecule has 0 fully saturated rings. The van der Waals surface area contributed by atoms with E-state index in [1.165, 1.54) is 0 Å². The molecule has 0 N–H and O–H groups in total. The van der Waals surface area contributed by atoms with Gasteiger partial charge in [-0.05, 0) is 11.6 Å². The van der Waals surface area contributed by atoms with Crippen LogP contribution < -0.4 is 0 Å². The van der Waals surface area contributed by atoms with E-state index in [1.807, 2.05) is 36.4 Å². The summed E-state index contributed by atoms with van der Waals surface area (Å²) in [5.41, 5.74) is 1.11. The van der Waals surface area contributed by atoms with E-state index >= 15 is 0 Å². The fraction of sp³-hybridized carbons (Fsp3) is 0. The lowest BCUT2D eigenvalue weighted by molar-refractivity contribution is 1.66. The molecule has 0 spiro atoms. The van der Waals surface area contributed by atoms with Gasteiger partial charge in [-0.15, -0.1) is 0 Å². The van der Waals surface area contributed by atoms with Gasteiger partial charge in [-0.1, -0.05) is 60.2 Å². The Morgan fingerprint density at radius 2 is 1.91 bits per heavy atom. The highest BCUT2D eigenvalue weighted by Crippen LogP contribution is 2.01. The highest BCUT2D eigenvalue weighted by Gasteiger charge is 1.83. The van der Waals surface area contributed by atoms with Crippen LogP contribution in [0.1, 0.15) is 5.56 Å². The minimum atomic E-state index is 0.383. The largest absolute Gasteiger partial charge is 0.103 e. The molecule has 0 aliphatic carbocycles. The third-order valence-corrected chi connectivity index (χ3v) is 1.47. The topological polar surface area (TPSA) is 0 Å². The number of benzene rings is 1. The van der Waals surface area contributed by atoms with Crippen molar-refractivity contribution >= 4 is 34.2 Å². The van der Waals surface area contributed by atoms with Crippen LogP contribution in [-0.4, -0.2) is 4.32 Å². The zero-order chi connectivity index (χ0) is 8.10. The van der Waals surface area contributed by atoms with E-state index in [9.17, 15) is 0 Å². The number of thiocarbonyl (C=S) groups is 1. The number of rotatable bonds is 2. The molecule has 0 bridgehead atoms. The predicted molar refractivity (Wildman–Crippen MR) is 53.9 cm³/mol. The van der Waals surface area contributed by atoms with Crippen LogP contribution in [0, 0.1) is 0 Å². The van der Waals surface area contributed by atoms with Gasteiger partial charge < -0.3 is 0 Å². The first-order valence-electron chi connectivity index (χ1n) is 3.21. The van der Waals surface area contributed by atoms with Crippen LogP contribution in [0.5, 0.6) is 0 Å². The van der Waals surface area contributed by atoms with Crippen LogP contribution in [-0.2, 0) is 0 Å². The fourth-order valence-electron chi connectivity index (χ4n) is 0.726. The Hall–Kier alpha value is -0.660. The van der Waals surface area contributed by atoms with Gasteiger partial charge in [0.2, 0.25) is 0 Å². The maximum Gasteiger partial charge on any atom is 0.103 e. The average molecular weight is 183 g/mol. The Morgan fingerprint density at radius 3 is 2.45 bits per heavy atom. The van der Waals surface area contributed by atoms with Gasteiger partial charge >= 0.3 is 0 Å². The molecule has 1 aromatic rings. The van der Waals surface area contributed by atoms with Crippen molar-refractivity contribution in [2.75, 3.05) is 0 Å². The minimum absolute atomic E-state index is 0.383. The van der Waals surface area contributed by atoms with Crippen molar-refractivity contribution in [3.8, 4) is 0 Å². The van der Waals surface area contributed by atoms with Crippen LogP contribution in [0.2, 0.25) is 0 Å². The van der Waals surface area contributed by atoms with Crippen molar-refractivity contribution < 1.29 is 0 Å². The van der Waals surface area contributed by atoms with E-state index in [2.05, 4.69) is 12.2 Å². The van der Waals surface area contributed by atoms with Gasteiger partial charge in [-0.3, -0.25) is 0 Å². The Balaban J connectivity index is 2.72. The van der Waals surface area contributed by atoms with Crippen LogP contribution in [0.15, 0.2) is 36.4 Å². The van der Waals surface area contributed by atoms with Gasteiger partial charge in [0, 0.05) is 0 Å². The van der Waals surface area contributed by atoms with Gasteiger partial charge in [0.1, 0.15) is 4.32 Å². The Kier molecular flexibility index (Phi) is 3.27. The molecule has 56 valence electrons. The van der Waals surface area contributed by atoms with E-state index in [1.54, 1.807) is 6.08 Å². The second kappa shape index (κ2) is 4.27. The lowest BCUT2D eigenvalue weighted by Gasteiger charge is -1.88. The third-order valence-electron chi connectivity index (χ3n) is 1.21. The summed E-state index contributed by atoms with van der Waals surface area (Å²) in [6.07, 6.45) is 3.58. The maximum atomic E-state index is 5.47. The smallest absolute Gasteiger partial charge is 0.0716 e. The summed E-state index contributed by atoms with van der Waals surface area (Å²) >= 11 is 10.1. The standard InChI is InChI=1S/C9H7ClS/c10-9(11)7-6-8-4-2-1-3-5-8/h1-7H. The summed E-state index contributed by atoms with van der Waals surface area (Å²) in [7, 11) is 0. The highest BCUT2D eigenvalue weighted by atomic mass is 35.5. The first-order chi connectivity index (χ1) is 5.29. The van der Waals surface area contributed by atoms with Crippen LogP contribution in [0.4, 0.5) is 0 Å². The molecule has 1 aromatic carbocycles. The molecule has 0 saturated carbocycles. The first kappa shape index (κ1) is 8.44. The number of hydrogen-bond acceptors (Lipinski definition) is 1. The molecule has 0 atom stereocenters. The van der Waals surface area contributed by atoms with Gasteiger partial charge in [-0.2, -0.15) is 0 Å². The fourth-order valence-corrected chi connectivity index (χ4v) is 0.857. The molecule has 0 heterocycles. The molecule has 0 aromatic heterocycles. The lowest BCUT2D eigenvalue weighted by Crippen LogP contribution is -1.72. The molecule has 1 rings (SSSR count). The molecular weight excluding hydrogens is 176 g/mol. The molecule has 0 radical (unpaired) electrons. The van der Waals surface area contributed by atoms with E-state index in [4.69, 9.17) is 11.6 Å². The zero-order valence-corrected chi connectivity index (χ0v) is 7.40. The highest BCUT2D eigenvalue weighted by molar-refractivity contribution is 7.83. The number of hydrogen-bond donors (Lipinski definition) is 0.